The number of hydrogen-bond donors (Lipinski definition) is 2. The molecule has 44 heavy (non-hydrogen) atoms. The van der Waals surface area contributed by atoms with Crippen molar-refractivity contribution in [2.24, 2.45) is 0 Å². The van der Waals surface area contributed by atoms with Crippen molar-refractivity contribution in [3.05, 3.63) is 82.0 Å². The fraction of sp³-hybridized carbons (Fsp3) is 0.353. The van der Waals surface area contributed by atoms with Crippen LogP contribution in [0.15, 0.2) is 66.0 Å². The number of amides is 4. The third kappa shape index (κ3) is 8.00. The highest BCUT2D eigenvalue weighted by Crippen LogP contribution is 2.23. The summed E-state index contributed by atoms with van der Waals surface area (Å²) >= 11 is 1.55. The highest BCUT2D eigenvalue weighted by atomic mass is 32.1. The van der Waals surface area contributed by atoms with Crippen LogP contribution in [0.25, 0.3) is 12.2 Å². The first-order chi connectivity index (χ1) is 21.3. The molecule has 2 fully saturated rings. The van der Waals surface area contributed by atoms with Gasteiger partial charge in [-0.05, 0) is 86.6 Å². The van der Waals surface area contributed by atoms with Crippen molar-refractivity contribution in [3.63, 3.8) is 0 Å². The molecule has 5 rings (SSSR count). The van der Waals surface area contributed by atoms with Crippen LogP contribution in [-0.2, 0) is 25.6 Å². The average molecular weight is 614 g/mol. The average Bonchev–Trinajstić information content (AvgIpc) is 3.79. The number of nitrogens with zero attached hydrogens (tertiary/aromatic N) is 3. The maximum Gasteiger partial charge on any atom is 0.247 e. The summed E-state index contributed by atoms with van der Waals surface area (Å²) in [4.78, 5) is 57.5. The SMILES string of the molecule is CN(C)CC(=O)N1CCC[C@H]1C(=O)Nc1ccc(C=Cc2ccc(NC(=O)[C@@H]3CCCN3C(=O)Cc3cccs3)cc2)cc1. The van der Waals surface area contributed by atoms with E-state index in [1.54, 1.807) is 21.1 Å². The summed E-state index contributed by atoms with van der Waals surface area (Å²) in [7, 11) is 3.69. The molecule has 2 aliphatic heterocycles. The standard InChI is InChI=1S/C34H39N5O4S/c1-37(2)23-32(41)39-20-4-8-30(39)34(43)36-27-17-13-25(14-18-27)10-9-24-11-15-26(16-12-24)35-33(42)29-7-3-19-38(29)31(40)22-28-6-5-21-44-28/h5-6,9-18,21,29-30H,3-4,7-8,19-20,22-23H2,1-2H3,(H,35,42)(H,36,43)/t29-,30-/m0/s1. The number of hydrogen-bond acceptors (Lipinski definition) is 6. The van der Waals surface area contributed by atoms with Gasteiger partial charge in [0.1, 0.15) is 12.1 Å². The van der Waals surface area contributed by atoms with Gasteiger partial charge in [0.2, 0.25) is 23.6 Å². The van der Waals surface area contributed by atoms with E-state index < -0.39 is 12.1 Å². The van der Waals surface area contributed by atoms with Crippen LogP contribution >= 0.6 is 11.3 Å². The maximum absolute atomic E-state index is 13.0. The third-order valence-corrected chi connectivity index (χ3v) is 8.81. The lowest BCUT2D eigenvalue weighted by atomic mass is 10.1. The topological polar surface area (TPSA) is 102 Å². The van der Waals surface area contributed by atoms with Gasteiger partial charge in [-0.15, -0.1) is 11.3 Å². The van der Waals surface area contributed by atoms with Gasteiger partial charge in [0.15, 0.2) is 0 Å². The molecule has 230 valence electrons. The normalized spacial score (nSPS) is 18.2. The van der Waals surface area contributed by atoms with E-state index in [4.69, 9.17) is 0 Å². The predicted octanol–water partition coefficient (Wildman–Crippen LogP) is 4.58. The van der Waals surface area contributed by atoms with Crippen LogP contribution in [0.3, 0.4) is 0 Å². The lowest BCUT2D eigenvalue weighted by molar-refractivity contribution is -0.137. The Labute approximate surface area is 262 Å². The minimum absolute atomic E-state index is 0.00596. The summed E-state index contributed by atoms with van der Waals surface area (Å²) < 4.78 is 0. The second-order valence-electron chi connectivity index (χ2n) is 11.5. The van der Waals surface area contributed by atoms with E-state index in [0.29, 0.717) is 50.3 Å². The molecule has 1 aromatic heterocycles. The van der Waals surface area contributed by atoms with Crippen LogP contribution in [0, 0.1) is 0 Å². The summed E-state index contributed by atoms with van der Waals surface area (Å²) in [6, 6.07) is 18.1. The number of rotatable bonds is 10. The molecule has 2 saturated heterocycles. The zero-order valence-corrected chi connectivity index (χ0v) is 26.0. The van der Waals surface area contributed by atoms with E-state index in [1.165, 1.54) is 0 Å². The molecule has 3 aromatic rings. The second kappa shape index (κ2) is 14.5. The second-order valence-corrected chi connectivity index (χ2v) is 12.6. The number of likely N-dealkylation sites (tertiary alicyclic amines) is 2. The molecule has 0 spiro atoms. The molecule has 10 heteroatoms. The number of carbonyl (C=O) groups is 4. The maximum atomic E-state index is 13.0. The van der Waals surface area contributed by atoms with Gasteiger partial charge in [0.25, 0.3) is 0 Å². The third-order valence-electron chi connectivity index (χ3n) is 7.93. The van der Waals surface area contributed by atoms with Crippen LogP contribution in [0.2, 0.25) is 0 Å². The van der Waals surface area contributed by atoms with Gasteiger partial charge in [0.05, 0.1) is 13.0 Å². The number of nitrogens with one attached hydrogen (secondary N) is 2. The highest BCUT2D eigenvalue weighted by molar-refractivity contribution is 7.10. The fourth-order valence-electron chi connectivity index (χ4n) is 5.70. The molecule has 2 aliphatic rings. The van der Waals surface area contributed by atoms with E-state index in [1.807, 2.05) is 97.2 Å². The van der Waals surface area contributed by atoms with Gasteiger partial charge in [0, 0.05) is 29.3 Å². The molecule has 2 aromatic carbocycles. The smallest absolute Gasteiger partial charge is 0.247 e. The Kier molecular flexibility index (Phi) is 10.2. The molecule has 3 heterocycles. The monoisotopic (exact) mass is 613 g/mol. The van der Waals surface area contributed by atoms with Crippen molar-refractivity contribution in [2.75, 3.05) is 44.4 Å². The molecule has 2 atom stereocenters. The van der Waals surface area contributed by atoms with Gasteiger partial charge in [-0.1, -0.05) is 42.5 Å². The Morgan fingerprint density at radius 3 is 1.73 bits per heavy atom. The Balaban J connectivity index is 1.11. The van der Waals surface area contributed by atoms with Crippen molar-refractivity contribution >= 4 is 58.5 Å². The number of carbonyl (C=O) groups excluding carboxylic acids is 4. The molecule has 0 saturated carbocycles. The quantitative estimate of drug-likeness (QED) is 0.326. The van der Waals surface area contributed by atoms with Gasteiger partial charge in [-0.2, -0.15) is 0 Å². The highest BCUT2D eigenvalue weighted by Gasteiger charge is 2.35. The Morgan fingerprint density at radius 1 is 0.773 bits per heavy atom. The molecule has 9 nitrogen and oxygen atoms in total. The molecule has 4 amide bonds. The minimum Gasteiger partial charge on any atom is -0.330 e. The number of anilines is 2. The fourth-order valence-corrected chi connectivity index (χ4v) is 6.40. The Hall–Kier alpha value is -4.28. The summed E-state index contributed by atoms with van der Waals surface area (Å²) in [5, 5.41) is 7.89. The Morgan fingerprint density at radius 2 is 1.27 bits per heavy atom. The molecule has 0 unspecified atom stereocenters. The number of thiophene rings is 1. The first-order valence-corrected chi connectivity index (χ1v) is 15.9. The molecule has 0 radical (unpaired) electrons. The van der Waals surface area contributed by atoms with Crippen molar-refractivity contribution in [1.29, 1.82) is 0 Å². The van der Waals surface area contributed by atoms with Gasteiger partial charge in [-0.25, -0.2) is 0 Å². The zero-order valence-electron chi connectivity index (χ0n) is 25.2. The Bertz CT molecular complexity index is 1480. The molecule has 0 aliphatic carbocycles. The van der Waals surface area contributed by atoms with E-state index in [2.05, 4.69) is 10.6 Å². The van der Waals surface area contributed by atoms with E-state index in [-0.39, 0.29) is 23.6 Å². The predicted molar refractivity (Wildman–Crippen MR) is 175 cm³/mol. The van der Waals surface area contributed by atoms with Crippen molar-refractivity contribution in [3.8, 4) is 0 Å². The van der Waals surface area contributed by atoms with Gasteiger partial charge < -0.3 is 25.3 Å². The summed E-state index contributed by atoms with van der Waals surface area (Å²) in [6.45, 7) is 1.51. The van der Waals surface area contributed by atoms with Crippen LogP contribution in [0.4, 0.5) is 11.4 Å². The van der Waals surface area contributed by atoms with Crippen molar-refractivity contribution in [1.82, 2.24) is 14.7 Å². The largest absolute Gasteiger partial charge is 0.330 e. The lowest BCUT2D eigenvalue weighted by Gasteiger charge is -2.25. The number of benzene rings is 2. The first-order valence-electron chi connectivity index (χ1n) is 15.0. The van der Waals surface area contributed by atoms with Crippen molar-refractivity contribution in [2.45, 2.75) is 44.2 Å². The molecule has 0 bridgehead atoms. The molecule has 2 N–H and O–H groups in total. The minimum atomic E-state index is -0.447. The lowest BCUT2D eigenvalue weighted by Crippen LogP contribution is -2.46. The van der Waals surface area contributed by atoms with Crippen LogP contribution in [0.1, 0.15) is 41.7 Å². The number of likely N-dealkylation sites (N-methyl/N-ethyl adjacent to an activating group) is 1. The van der Waals surface area contributed by atoms with Gasteiger partial charge in [-0.3, -0.25) is 19.2 Å². The van der Waals surface area contributed by atoms with Crippen LogP contribution in [0.5, 0.6) is 0 Å². The van der Waals surface area contributed by atoms with Crippen LogP contribution in [-0.4, -0.2) is 84.1 Å². The molecular weight excluding hydrogens is 574 g/mol. The molecular formula is C34H39N5O4S. The van der Waals surface area contributed by atoms with Crippen LogP contribution < -0.4 is 10.6 Å². The first kappa shape index (κ1) is 31.2. The summed E-state index contributed by atoms with van der Waals surface area (Å²) in [6.07, 6.45) is 7.27. The summed E-state index contributed by atoms with van der Waals surface area (Å²) in [5.74, 6) is -0.344. The summed E-state index contributed by atoms with van der Waals surface area (Å²) in [5.41, 5.74) is 3.32. The van der Waals surface area contributed by atoms with E-state index in [0.717, 1.165) is 28.8 Å². The van der Waals surface area contributed by atoms with E-state index >= 15 is 0 Å². The zero-order chi connectivity index (χ0) is 31.1. The van der Waals surface area contributed by atoms with Crippen molar-refractivity contribution < 1.29 is 19.2 Å². The van der Waals surface area contributed by atoms with E-state index in [9.17, 15) is 19.2 Å². The van der Waals surface area contributed by atoms with Gasteiger partial charge >= 0.3 is 0 Å².